The molecule has 0 spiro atoms. The first-order chi connectivity index (χ1) is 15.9. The lowest BCUT2D eigenvalue weighted by atomic mass is 9.91. The number of nitrogens with one attached hydrogen (secondary N) is 2. The van der Waals surface area contributed by atoms with E-state index in [2.05, 4.69) is 53.6 Å². The van der Waals surface area contributed by atoms with E-state index in [9.17, 15) is 9.59 Å². The largest absolute Gasteiger partial charge is 0.484 e. The van der Waals surface area contributed by atoms with E-state index in [0.29, 0.717) is 18.0 Å². The maximum Gasteiger partial charge on any atom is 0.258 e. The van der Waals surface area contributed by atoms with Crippen LogP contribution in [0.15, 0.2) is 48.5 Å². The fourth-order valence-corrected chi connectivity index (χ4v) is 4.60. The van der Waals surface area contributed by atoms with E-state index in [1.807, 2.05) is 12.1 Å². The van der Waals surface area contributed by atoms with Crippen LogP contribution in [0.25, 0.3) is 0 Å². The summed E-state index contributed by atoms with van der Waals surface area (Å²) >= 11 is 0. The summed E-state index contributed by atoms with van der Waals surface area (Å²) in [6.07, 6.45) is 3.24. The molecule has 176 valence electrons. The Morgan fingerprint density at radius 1 is 1.00 bits per heavy atom. The molecule has 2 aliphatic rings. The van der Waals surface area contributed by atoms with Gasteiger partial charge in [-0.3, -0.25) is 14.5 Å². The minimum absolute atomic E-state index is 0.0518. The molecule has 1 aliphatic carbocycles. The highest BCUT2D eigenvalue weighted by atomic mass is 16.5. The lowest BCUT2D eigenvalue weighted by molar-refractivity contribution is -0.123. The number of anilines is 1. The maximum atomic E-state index is 12.2. The first kappa shape index (κ1) is 23.3. The quantitative estimate of drug-likeness (QED) is 0.602. The summed E-state index contributed by atoms with van der Waals surface area (Å²) in [5, 5.41) is 5.80. The molecule has 4 rings (SSSR count). The van der Waals surface area contributed by atoms with Crippen molar-refractivity contribution in [3.63, 3.8) is 0 Å². The number of nitrogens with zero attached hydrogens (tertiary/aromatic N) is 1. The zero-order valence-corrected chi connectivity index (χ0v) is 19.7. The molecule has 0 radical (unpaired) electrons. The van der Waals surface area contributed by atoms with Crippen LogP contribution in [0.2, 0.25) is 0 Å². The summed E-state index contributed by atoms with van der Waals surface area (Å²) in [6.45, 7) is 8.39. The summed E-state index contributed by atoms with van der Waals surface area (Å²) in [4.78, 5) is 26.7. The molecule has 1 saturated carbocycles. The molecule has 1 aliphatic heterocycles. The predicted molar refractivity (Wildman–Crippen MR) is 130 cm³/mol. The Balaban J connectivity index is 1.19. The average molecular weight is 450 g/mol. The van der Waals surface area contributed by atoms with E-state index < -0.39 is 0 Å². The highest BCUT2D eigenvalue weighted by Crippen LogP contribution is 2.30. The Morgan fingerprint density at radius 2 is 1.70 bits per heavy atom. The fraction of sp³-hybridized carbons (Fsp3) is 0.481. The third kappa shape index (κ3) is 7.32. The van der Waals surface area contributed by atoms with Crippen LogP contribution in [0.5, 0.6) is 5.75 Å². The zero-order valence-electron chi connectivity index (χ0n) is 19.7. The Bertz CT molecular complexity index is 945. The predicted octanol–water partition coefficient (Wildman–Crippen LogP) is 4.21. The van der Waals surface area contributed by atoms with Gasteiger partial charge in [0.1, 0.15) is 5.75 Å². The van der Waals surface area contributed by atoms with Crippen molar-refractivity contribution in [2.24, 2.45) is 17.8 Å². The van der Waals surface area contributed by atoms with Gasteiger partial charge in [0.2, 0.25) is 5.91 Å². The normalized spacial score (nSPS) is 20.8. The molecule has 2 amide bonds. The molecule has 6 heteroatoms. The standard InChI is InChI=1S/C27H35N3O3/c1-19-12-20(2)16-30(15-19)17-22-8-6-21(7-9-22)14-28-26(31)18-33-25-5-3-4-24(13-25)29-27(32)23-10-11-23/h3-9,13,19-20,23H,10-12,14-18H2,1-2H3,(H,28,31)(H,29,32). The first-order valence-electron chi connectivity index (χ1n) is 12.0. The van der Waals surface area contributed by atoms with Gasteiger partial charge in [-0.2, -0.15) is 0 Å². The van der Waals surface area contributed by atoms with Crippen molar-refractivity contribution in [1.82, 2.24) is 10.2 Å². The first-order valence-corrected chi connectivity index (χ1v) is 12.0. The number of hydrogen-bond donors (Lipinski definition) is 2. The second kappa shape index (κ2) is 10.8. The van der Waals surface area contributed by atoms with Crippen LogP contribution in [-0.4, -0.2) is 36.4 Å². The second-order valence-corrected chi connectivity index (χ2v) is 9.81. The Labute approximate surface area is 196 Å². The number of amides is 2. The molecule has 0 aromatic heterocycles. The highest BCUT2D eigenvalue weighted by Gasteiger charge is 2.29. The van der Waals surface area contributed by atoms with Crippen LogP contribution in [-0.2, 0) is 22.7 Å². The lowest BCUT2D eigenvalue weighted by Crippen LogP contribution is -2.38. The maximum absolute atomic E-state index is 12.2. The molecular formula is C27H35N3O3. The third-order valence-electron chi connectivity index (χ3n) is 6.28. The van der Waals surface area contributed by atoms with Gasteiger partial charge < -0.3 is 15.4 Å². The van der Waals surface area contributed by atoms with Gasteiger partial charge in [0, 0.05) is 43.9 Å². The van der Waals surface area contributed by atoms with Gasteiger partial charge in [0.25, 0.3) is 5.91 Å². The molecule has 2 N–H and O–H groups in total. The molecule has 2 atom stereocenters. The van der Waals surface area contributed by atoms with Gasteiger partial charge in [-0.25, -0.2) is 0 Å². The molecule has 1 saturated heterocycles. The van der Waals surface area contributed by atoms with Crippen LogP contribution in [0.3, 0.4) is 0 Å². The number of ether oxygens (including phenoxy) is 1. The van der Waals surface area contributed by atoms with Crippen molar-refractivity contribution in [3.05, 3.63) is 59.7 Å². The van der Waals surface area contributed by atoms with Crippen LogP contribution in [0.1, 0.15) is 44.2 Å². The highest BCUT2D eigenvalue weighted by molar-refractivity contribution is 5.94. The van der Waals surface area contributed by atoms with Gasteiger partial charge in [-0.05, 0) is 54.4 Å². The Morgan fingerprint density at radius 3 is 2.39 bits per heavy atom. The van der Waals surface area contributed by atoms with Crippen molar-refractivity contribution < 1.29 is 14.3 Å². The zero-order chi connectivity index (χ0) is 23.2. The topological polar surface area (TPSA) is 70.7 Å². The number of benzene rings is 2. The number of likely N-dealkylation sites (tertiary alicyclic amines) is 1. The van der Waals surface area contributed by atoms with Crippen molar-refractivity contribution in [2.45, 2.75) is 46.2 Å². The summed E-state index contributed by atoms with van der Waals surface area (Å²) < 4.78 is 5.61. The van der Waals surface area contributed by atoms with Crippen molar-refractivity contribution in [2.75, 3.05) is 25.0 Å². The van der Waals surface area contributed by atoms with Crippen LogP contribution in [0.4, 0.5) is 5.69 Å². The van der Waals surface area contributed by atoms with E-state index in [1.165, 1.54) is 12.0 Å². The summed E-state index contributed by atoms with van der Waals surface area (Å²) in [5.41, 5.74) is 3.07. The van der Waals surface area contributed by atoms with Crippen LogP contribution in [0, 0.1) is 17.8 Å². The van der Waals surface area contributed by atoms with Gasteiger partial charge in [-0.1, -0.05) is 44.2 Å². The molecule has 2 aromatic carbocycles. The van der Waals surface area contributed by atoms with Crippen LogP contribution < -0.4 is 15.4 Å². The SMILES string of the molecule is CC1CC(C)CN(Cc2ccc(CNC(=O)COc3cccc(NC(=O)C4CC4)c3)cc2)C1. The lowest BCUT2D eigenvalue weighted by Gasteiger charge is -2.35. The molecule has 33 heavy (non-hydrogen) atoms. The molecule has 1 heterocycles. The van der Waals surface area contributed by atoms with Gasteiger partial charge in [0.15, 0.2) is 6.61 Å². The van der Waals surface area contributed by atoms with Crippen molar-refractivity contribution in [1.29, 1.82) is 0 Å². The van der Waals surface area contributed by atoms with E-state index in [0.717, 1.165) is 49.9 Å². The number of rotatable bonds is 9. The molecule has 2 aromatic rings. The van der Waals surface area contributed by atoms with Gasteiger partial charge >= 0.3 is 0 Å². The van der Waals surface area contributed by atoms with E-state index in [-0.39, 0.29) is 24.3 Å². The van der Waals surface area contributed by atoms with E-state index in [1.54, 1.807) is 12.1 Å². The summed E-state index contributed by atoms with van der Waals surface area (Å²) in [6, 6.07) is 15.6. The number of piperidine rings is 1. The minimum Gasteiger partial charge on any atom is -0.484 e. The average Bonchev–Trinajstić information content (AvgIpc) is 3.62. The Hall–Kier alpha value is -2.86. The van der Waals surface area contributed by atoms with Crippen LogP contribution >= 0.6 is 0 Å². The summed E-state index contributed by atoms with van der Waals surface area (Å²) in [5.74, 6) is 2.10. The molecular weight excluding hydrogens is 414 g/mol. The Kier molecular flexibility index (Phi) is 7.65. The fourth-order valence-electron chi connectivity index (χ4n) is 4.60. The third-order valence-corrected chi connectivity index (χ3v) is 6.28. The monoisotopic (exact) mass is 449 g/mol. The number of carbonyl (C=O) groups is 2. The molecule has 0 bridgehead atoms. The molecule has 2 fully saturated rings. The minimum atomic E-state index is -0.178. The number of carbonyl (C=O) groups excluding carboxylic acids is 2. The van der Waals surface area contributed by atoms with E-state index >= 15 is 0 Å². The van der Waals surface area contributed by atoms with Crippen molar-refractivity contribution >= 4 is 17.5 Å². The molecule has 6 nitrogen and oxygen atoms in total. The summed E-state index contributed by atoms with van der Waals surface area (Å²) in [7, 11) is 0. The number of hydrogen-bond acceptors (Lipinski definition) is 4. The molecule has 2 unspecified atom stereocenters. The van der Waals surface area contributed by atoms with Crippen molar-refractivity contribution in [3.8, 4) is 5.75 Å². The van der Waals surface area contributed by atoms with Gasteiger partial charge in [-0.15, -0.1) is 0 Å². The second-order valence-electron chi connectivity index (χ2n) is 9.81. The van der Waals surface area contributed by atoms with E-state index in [4.69, 9.17) is 4.74 Å². The smallest absolute Gasteiger partial charge is 0.258 e. The van der Waals surface area contributed by atoms with Gasteiger partial charge in [0.05, 0.1) is 0 Å².